The van der Waals surface area contributed by atoms with Crippen LogP contribution in [-0.4, -0.2) is 38.0 Å². The standard InChI is InChI=1S/C24H23N5O4S2/c1-16-22(23(31)27-35(2,32)33)26-24(34-16)29(20-9-5-17(14-25)6-10-20)15-18-7-11-19(12-8-18)28-13-3-4-21(28)30/h5-12H,3-4,13,15H2,1-2H3,(H,27,31). The second-order valence-corrected chi connectivity index (χ2v) is 11.1. The van der Waals surface area contributed by atoms with Crippen LogP contribution < -0.4 is 14.5 Å². The fourth-order valence-electron chi connectivity index (χ4n) is 3.80. The molecule has 4 rings (SSSR count). The van der Waals surface area contributed by atoms with Gasteiger partial charge in [0, 0.05) is 29.2 Å². The van der Waals surface area contributed by atoms with E-state index >= 15 is 0 Å². The molecule has 9 nitrogen and oxygen atoms in total. The zero-order valence-electron chi connectivity index (χ0n) is 19.2. The molecule has 0 bridgehead atoms. The molecule has 180 valence electrons. The molecule has 0 unspecified atom stereocenters. The van der Waals surface area contributed by atoms with Crippen LogP contribution in [0.5, 0.6) is 0 Å². The lowest BCUT2D eigenvalue weighted by atomic mass is 10.1. The summed E-state index contributed by atoms with van der Waals surface area (Å²) in [7, 11) is -3.73. The van der Waals surface area contributed by atoms with Crippen LogP contribution in [-0.2, 0) is 21.4 Å². The Bertz CT molecular complexity index is 1410. The molecule has 1 N–H and O–H groups in total. The molecule has 1 aliphatic rings. The predicted molar refractivity (Wildman–Crippen MR) is 134 cm³/mol. The quantitative estimate of drug-likeness (QED) is 0.517. The summed E-state index contributed by atoms with van der Waals surface area (Å²) in [6.45, 7) is 2.82. The Hall–Kier alpha value is -3.75. The third kappa shape index (κ3) is 5.67. The Morgan fingerprint density at radius 2 is 1.89 bits per heavy atom. The third-order valence-corrected chi connectivity index (χ3v) is 7.03. The molecule has 0 radical (unpaired) electrons. The Kier molecular flexibility index (Phi) is 6.86. The Morgan fingerprint density at radius 1 is 1.20 bits per heavy atom. The van der Waals surface area contributed by atoms with E-state index in [1.54, 1.807) is 36.1 Å². The largest absolute Gasteiger partial charge is 0.313 e. The van der Waals surface area contributed by atoms with Gasteiger partial charge in [0.05, 0.1) is 24.4 Å². The monoisotopic (exact) mass is 509 g/mol. The molecule has 1 saturated heterocycles. The Labute approximate surface area is 207 Å². The first kappa shape index (κ1) is 24.4. The minimum Gasteiger partial charge on any atom is -0.313 e. The van der Waals surface area contributed by atoms with Gasteiger partial charge in [0.25, 0.3) is 5.91 Å². The SMILES string of the molecule is Cc1sc(N(Cc2ccc(N3CCCC3=O)cc2)c2ccc(C#N)cc2)nc1C(=O)NS(C)(=O)=O. The summed E-state index contributed by atoms with van der Waals surface area (Å²) < 4.78 is 25.0. The minimum atomic E-state index is -3.73. The number of rotatable bonds is 7. The van der Waals surface area contributed by atoms with Gasteiger partial charge in [-0.05, 0) is 55.3 Å². The molecule has 0 spiro atoms. The molecule has 2 aromatic carbocycles. The maximum atomic E-state index is 12.5. The molecule has 0 aliphatic carbocycles. The van der Waals surface area contributed by atoms with Crippen LogP contribution in [0.25, 0.3) is 0 Å². The number of anilines is 3. The van der Waals surface area contributed by atoms with Gasteiger partial charge in [-0.2, -0.15) is 5.26 Å². The summed E-state index contributed by atoms with van der Waals surface area (Å²) in [5.74, 6) is -0.665. The maximum Gasteiger partial charge on any atom is 0.284 e. The van der Waals surface area contributed by atoms with E-state index in [0.717, 1.165) is 29.6 Å². The molecule has 11 heteroatoms. The van der Waals surface area contributed by atoms with E-state index in [0.29, 0.717) is 35.1 Å². The zero-order valence-corrected chi connectivity index (χ0v) is 20.8. The molecular formula is C24H23N5O4S2. The predicted octanol–water partition coefficient (Wildman–Crippen LogP) is 3.48. The van der Waals surface area contributed by atoms with Gasteiger partial charge in [-0.25, -0.2) is 18.1 Å². The van der Waals surface area contributed by atoms with E-state index in [1.165, 1.54) is 11.3 Å². The normalized spacial score (nSPS) is 13.5. The van der Waals surface area contributed by atoms with Gasteiger partial charge in [-0.15, -0.1) is 11.3 Å². The van der Waals surface area contributed by atoms with E-state index in [9.17, 15) is 18.0 Å². The summed E-state index contributed by atoms with van der Waals surface area (Å²) in [6, 6.07) is 16.8. The van der Waals surface area contributed by atoms with Crippen molar-refractivity contribution in [1.29, 1.82) is 5.26 Å². The molecule has 3 aromatic rings. The number of nitrogens with one attached hydrogen (secondary N) is 1. The van der Waals surface area contributed by atoms with Gasteiger partial charge in [-0.1, -0.05) is 12.1 Å². The lowest BCUT2D eigenvalue weighted by Gasteiger charge is -2.23. The smallest absolute Gasteiger partial charge is 0.284 e. The number of carbonyl (C=O) groups is 2. The van der Waals surface area contributed by atoms with Crippen molar-refractivity contribution in [2.45, 2.75) is 26.3 Å². The number of hydrogen-bond donors (Lipinski definition) is 1. The summed E-state index contributed by atoms with van der Waals surface area (Å²) >= 11 is 1.27. The van der Waals surface area contributed by atoms with Crippen molar-refractivity contribution >= 4 is 49.7 Å². The summed E-state index contributed by atoms with van der Waals surface area (Å²) in [6.07, 6.45) is 2.33. The van der Waals surface area contributed by atoms with Crippen molar-refractivity contribution in [3.63, 3.8) is 0 Å². The minimum absolute atomic E-state index is 0.0389. The first-order valence-corrected chi connectivity index (χ1v) is 13.5. The average Bonchev–Trinajstić information content (AvgIpc) is 3.42. The van der Waals surface area contributed by atoms with Crippen LogP contribution in [0, 0.1) is 18.3 Å². The Morgan fingerprint density at radius 3 is 2.46 bits per heavy atom. The number of nitriles is 1. The summed E-state index contributed by atoms with van der Waals surface area (Å²) in [5.41, 5.74) is 3.10. The van der Waals surface area contributed by atoms with E-state index in [2.05, 4.69) is 11.1 Å². The lowest BCUT2D eigenvalue weighted by molar-refractivity contribution is -0.117. The molecule has 2 heterocycles. The molecule has 0 saturated carbocycles. The van der Waals surface area contributed by atoms with Crippen LogP contribution in [0.15, 0.2) is 48.5 Å². The fraction of sp³-hybridized carbons (Fsp3) is 0.250. The van der Waals surface area contributed by atoms with Gasteiger partial charge in [-0.3, -0.25) is 9.59 Å². The van der Waals surface area contributed by atoms with Gasteiger partial charge in [0.1, 0.15) is 5.69 Å². The number of sulfonamides is 1. The molecule has 35 heavy (non-hydrogen) atoms. The molecule has 1 fully saturated rings. The van der Waals surface area contributed by atoms with Crippen molar-refractivity contribution in [1.82, 2.24) is 9.71 Å². The number of aryl methyl sites for hydroxylation is 1. The first-order valence-electron chi connectivity index (χ1n) is 10.8. The molecule has 2 amide bonds. The van der Waals surface area contributed by atoms with Crippen molar-refractivity contribution in [3.8, 4) is 6.07 Å². The van der Waals surface area contributed by atoms with Gasteiger partial charge >= 0.3 is 0 Å². The highest BCUT2D eigenvalue weighted by molar-refractivity contribution is 7.89. The van der Waals surface area contributed by atoms with Gasteiger partial charge in [0.2, 0.25) is 15.9 Å². The molecule has 1 aliphatic heterocycles. The van der Waals surface area contributed by atoms with Crippen molar-refractivity contribution in [2.24, 2.45) is 0 Å². The molecular weight excluding hydrogens is 486 g/mol. The van der Waals surface area contributed by atoms with E-state index < -0.39 is 15.9 Å². The van der Waals surface area contributed by atoms with Crippen LogP contribution in [0.4, 0.5) is 16.5 Å². The van der Waals surface area contributed by atoms with E-state index in [1.807, 2.05) is 33.9 Å². The second-order valence-electron chi connectivity index (χ2n) is 8.16. The highest BCUT2D eigenvalue weighted by atomic mass is 32.2. The third-order valence-electron chi connectivity index (χ3n) is 5.48. The highest BCUT2D eigenvalue weighted by Crippen LogP contribution is 2.34. The maximum absolute atomic E-state index is 12.5. The summed E-state index contributed by atoms with van der Waals surface area (Å²) in [4.78, 5) is 33.2. The first-order chi connectivity index (χ1) is 16.6. The second kappa shape index (κ2) is 9.85. The fourth-order valence-corrected chi connectivity index (χ4v) is 5.15. The van der Waals surface area contributed by atoms with Crippen LogP contribution in [0.2, 0.25) is 0 Å². The van der Waals surface area contributed by atoms with Crippen LogP contribution >= 0.6 is 11.3 Å². The van der Waals surface area contributed by atoms with E-state index in [-0.39, 0.29) is 11.6 Å². The van der Waals surface area contributed by atoms with Crippen LogP contribution in [0.1, 0.15) is 39.3 Å². The number of aromatic nitrogens is 1. The number of carbonyl (C=O) groups excluding carboxylic acids is 2. The van der Waals surface area contributed by atoms with Crippen LogP contribution in [0.3, 0.4) is 0 Å². The zero-order chi connectivity index (χ0) is 25.2. The molecule has 0 atom stereocenters. The number of benzene rings is 2. The van der Waals surface area contributed by atoms with E-state index in [4.69, 9.17) is 5.26 Å². The van der Waals surface area contributed by atoms with Gasteiger partial charge < -0.3 is 9.80 Å². The lowest BCUT2D eigenvalue weighted by Crippen LogP contribution is -2.30. The Balaban J connectivity index is 1.66. The number of hydrogen-bond acceptors (Lipinski definition) is 8. The van der Waals surface area contributed by atoms with Crippen molar-refractivity contribution in [2.75, 3.05) is 22.6 Å². The topological polar surface area (TPSA) is 123 Å². The van der Waals surface area contributed by atoms with Crippen molar-refractivity contribution < 1.29 is 18.0 Å². The number of nitrogens with zero attached hydrogens (tertiary/aromatic N) is 4. The molecule has 1 aromatic heterocycles. The highest BCUT2D eigenvalue weighted by Gasteiger charge is 2.24. The summed E-state index contributed by atoms with van der Waals surface area (Å²) in [5, 5.41) is 9.66. The number of thiazole rings is 1. The number of amides is 2. The van der Waals surface area contributed by atoms with Crippen molar-refractivity contribution in [3.05, 3.63) is 70.2 Å². The van der Waals surface area contributed by atoms with Gasteiger partial charge in [0.15, 0.2) is 5.13 Å². The average molecular weight is 510 g/mol.